The van der Waals surface area contributed by atoms with Crippen molar-refractivity contribution in [1.82, 2.24) is 10.6 Å². The first kappa shape index (κ1) is 13.6. The Labute approximate surface area is 113 Å². The van der Waals surface area contributed by atoms with Gasteiger partial charge in [-0.1, -0.05) is 24.3 Å². The van der Waals surface area contributed by atoms with Gasteiger partial charge in [-0.3, -0.25) is 4.79 Å². The van der Waals surface area contributed by atoms with Crippen molar-refractivity contribution >= 4 is 5.91 Å². The first-order chi connectivity index (χ1) is 9.02. The third kappa shape index (κ3) is 3.33. The molecule has 0 spiro atoms. The molecular weight excluding hydrogens is 238 g/mol. The Morgan fingerprint density at radius 3 is 2.84 bits per heavy atom. The second-order valence-electron chi connectivity index (χ2n) is 5.62. The van der Waals surface area contributed by atoms with E-state index in [9.17, 15) is 4.79 Å². The van der Waals surface area contributed by atoms with Gasteiger partial charge < -0.3 is 10.6 Å². The van der Waals surface area contributed by atoms with Crippen LogP contribution in [0.2, 0.25) is 0 Å². The van der Waals surface area contributed by atoms with E-state index in [0.29, 0.717) is 13.0 Å². The highest BCUT2D eigenvalue weighted by Gasteiger charge is 2.25. The molecule has 4 nitrogen and oxygen atoms in total. The van der Waals surface area contributed by atoms with E-state index in [2.05, 4.69) is 28.8 Å². The number of rotatable bonds is 3. The third-order valence-corrected chi connectivity index (χ3v) is 3.41. The molecule has 0 aromatic heterocycles. The number of carbonyl (C=O) groups is 1. The Hall–Kier alpha value is -1.86. The topological polar surface area (TPSA) is 64.9 Å². The Morgan fingerprint density at radius 2 is 2.16 bits per heavy atom. The highest BCUT2D eigenvalue weighted by molar-refractivity contribution is 5.82. The molecule has 4 heteroatoms. The lowest BCUT2D eigenvalue weighted by molar-refractivity contribution is -0.123. The molecule has 100 valence electrons. The van der Waals surface area contributed by atoms with Gasteiger partial charge in [0.2, 0.25) is 5.91 Å². The van der Waals surface area contributed by atoms with Crippen molar-refractivity contribution in [2.75, 3.05) is 6.54 Å². The fourth-order valence-electron chi connectivity index (χ4n) is 2.11. The number of amides is 1. The number of benzene rings is 1. The Morgan fingerprint density at radius 1 is 1.47 bits per heavy atom. The molecule has 0 fully saturated rings. The van der Waals surface area contributed by atoms with Crippen LogP contribution in [0.3, 0.4) is 0 Å². The second kappa shape index (κ2) is 5.41. The zero-order chi connectivity index (χ0) is 13.9. The van der Waals surface area contributed by atoms with E-state index in [-0.39, 0.29) is 11.9 Å². The second-order valence-corrected chi connectivity index (χ2v) is 5.62. The molecule has 1 aliphatic rings. The minimum atomic E-state index is -0.526. The minimum Gasteiger partial charge on any atom is -0.353 e. The smallest absolute Gasteiger partial charge is 0.237 e. The predicted molar refractivity (Wildman–Crippen MR) is 73.2 cm³/mol. The molecule has 0 saturated heterocycles. The molecule has 2 N–H and O–H groups in total. The molecule has 1 atom stereocenters. The number of fused-ring (bicyclic) bond motifs is 1. The van der Waals surface area contributed by atoms with Gasteiger partial charge in [0, 0.05) is 13.1 Å². The lowest BCUT2D eigenvalue weighted by atomic mass is 9.94. The maximum atomic E-state index is 12.1. The van der Waals surface area contributed by atoms with E-state index in [1.54, 1.807) is 0 Å². The fourth-order valence-corrected chi connectivity index (χ4v) is 2.11. The van der Waals surface area contributed by atoms with Gasteiger partial charge in [0.05, 0.1) is 17.5 Å². The standard InChI is InChI=1S/C15H19N3O/c1-15(2,9-16)10-18-14(19)13-7-11-5-3-4-6-12(11)8-17-13/h3-6,13,17H,7-8,10H2,1-2H3,(H,18,19)/t13-/m1/s1. The summed E-state index contributed by atoms with van der Waals surface area (Å²) in [5.41, 5.74) is 1.95. The first-order valence-electron chi connectivity index (χ1n) is 6.51. The van der Waals surface area contributed by atoms with Gasteiger partial charge >= 0.3 is 0 Å². The lowest BCUT2D eigenvalue weighted by Crippen LogP contribution is -2.49. The van der Waals surface area contributed by atoms with E-state index in [1.807, 2.05) is 26.0 Å². The highest BCUT2D eigenvalue weighted by Crippen LogP contribution is 2.16. The summed E-state index contributed by atoms with van der Waals surface area (Å²) in [4.78, 5) is 12.1. The average Bonchev–Trinajstić information content (AvgIpc) is 2.44. The highest BCUT2D eigenvalue weighted by atomic mass is 16.2. The van der Waals surface area contributed by atoms with Crippen molar-refractivity contribution in [3.8, 4) is 6.07 Å². The van der Waals surface area contributed by atoms with Gasteiger partial charge in [0.1, 0.15) is 0 Å². The predicted octanol–water partition coefficient (Wildman–Crippen LogP) is 1.37. The van der Waals surface area contributed by atoms with Crippen LogP contribution in [-0.2, 0) is 17.8 Å². The molecular formula is C15H19N3O. The number of hydrogen-bond acceptors (Lipinski definition) is 3. The Bertz CT molecular complexity index is 516. The van der Waals surface area contributed by atoms with Gasteiger partial charge in [-0.2, -0.15) is 5.26 Å². The van der Waals surface area contributed by atoms with Gasteiger partial charge in [-0.05, 0) is 31.4 Å². The first-order valence-corrected chi connectivity index (χ1v) is 6.51. The van der Waals surface area contributed by atoms with Crippen LogP contribution >= 0.6 is 0 Å². The van der Waals surface area contributed by atoms with Crippen LogP contribution in [0.4, 0.5) is 0 Å². The summed E-state index contributed by atoms with van der Waals surface area (Å²) in [6.45, 7) is 4.73. The lowest BCUT2D eigenvalue weighted by Gasteiger charge is -2.26. The summed E-state index contributed by atoms with van der Waals surface area (Å²) >= 11 is 0. The molecule has 0 bridgehead atoms. The van der Waals surface area contributed by atoms with Gasteiger partial charge in [0.15, 0.2) is 0 Å². The molecule has 1 amide bonds. The van der Waals surface area contributed by atoms with Gasteiger partial charge in [-0.25, -0.2) is 0 Å². The molecule has 0 aliphatic carbocycles. The van der Waals surface area contributed by atoms with E-state index in [4.69, 9.17) is 5.26 Å². The number of carbonyl (C=O) groups excluding carboxylic acids is 1. The molecule has 0 saturated carbocycles. The average molecular weight is 257 g/mol. The van der Waals surface area contributed by atoms with Crippen molar-refractivity contribution in [1.29, 1.82) is 5.26 Å². The molecule has 1 aromatic rings. The number of nitriles is 1. The van der Waals surface area contributed by atoms with Crippen LogP contribution in [0.5, 0.6) is 0 Å². The minimum absolute atomic E-state index is 0.0298. The van der Waals surface area contributed by atoms with Gasteiger partial charge in [0.25, 0.3) is 0 Å². The number of hydrogen-bond donors (Lipinski definition) is 2. The molecule has 19 heavy (non-hydrogen) atoms. The molecule has 1 heterocycles. The maximum absolute atomic E-state index is 12.1. The summed E-state index contributed by atoms with van der Waals surface area (Å²) < 4.78 is 0. The van der Waals surface area contributed by atoms with Crippen LogP contribution in [0, 0.1) is 16.7 Å². The molecule has 2 rings (SSSR count). The largest absolute Gasteiger partial charge is 0.353 e. The zero-order valence-corrected chi connectivity index (χ0v) is 11.4. The van der Waals surface area contributed by atoms with Crippen molar-refractivity contribution in [2.45, 2.75) is 32.9 Å². The quantitative estimate of drug-likeness (QED) is 0.859. The Balaban J connectivity index is 1.94. The van der Waals surface area contributed by atoms with Gasteiger partial charge in [-0.15, -0.1) is 0 Å². The summed E-state index contributed by atoms with van der Waals surface area (Å²) in [6.07, 6.45) is 0.703. The van der Waals surface area contributed by atoms with E-state index in [0.717, 1.165) is 6.54 Å². The summed E-state index contributed by atoms with van der Waals surface area (Å²) in [5.74, 6) is -0.0298. The van der Waals surface area contributed by atoms with Crippen LogP contribution in [0.1, 0.15) is 25.0 Å². The molecule has 1 aliphatic heterocycles. The fraction of sp³-hybridized carbons (Fsp3) is 0.467. The van der Waals surface area contributed by atoms with Crippen LogP contribution in [0.25, 0.3) is 0 Å². The third-order valence-electron chi connectivity index (χ3n) is 3.41. The van der Waals surface area contributed by atoms with Crippen LogP contribution in [-0.4, -0.2) is 18.5 Å². The van der Waals surface area contributed by atoms with E-state index in [1.165, 1.54) is 11.1 Å². The summed E-state index contributed by atoms with van der Waals surface area (Å²) in [5, 5.41) is 15.0. The van der Waals surface area contributed by atoms with Crippen molar-refractivity contribution in [2.24, 2.45) is 5.41 Å². The summed E-state index contributed by atoms with van der Waals surface area (Å²) in [7, 11) is 0. The Kier molecular flexibility index (Phi) is 3.87. The van der Waals surface area contributed by atoms with Crippen LogP contribution < -0.4 is 10.6 Å². The molecule has 1 aromatic carbocycles. The van der Waals surface area contributed by atoms with Crippen molar-refractivity contribution in [3.05, 3.63) is 35.4 Å². The normalized spacial score (nSPS) is 18.3. The molecule has 0 radical (unpaired) electrons. The zero-order valence-electron chi connectivity index (χ0n) is 11.4. The van der Waals surface area contributed by atoms with Crippen molar-refractivity contribution < 1.29 is 4.79 Å². The number of nitrogens with zero attached hydrogens (tertiary/aromatic N) is 1. The van der Waals surface area contributed by atoms with Crippen LogP contribution in [0.15, 0.2) is 24.3 Å². The van der Waals surface area contributed by atoms with E-state index >= 15 is 0 Å². The maximum Gasteiger partial charge on any atom is 0.237 e. The summed E-state index contributed by atoms with van der Waals surface area (Å²) in [6, 6.07) is 10.1. The monoisotopic (exact) mass is 257 g/mol. The van der Waals surface area contributed by atoms with Crippen molar-refractivity contribution in [3.63, 3.8) is 0 Å². The number of nitrogens with one attached hydrogen (secondary N) is 2. The van der Waals surface area contributed by atoms with E-state index < -0.39 is 5.41 Å². The molecule has 0 unspecified atom stereocenters. The SMILES string of the molecule is CC(C)(C#N)CNC(=O)[C@H]1Cc2ccccc2CN1.